The van der Waals surface area contributed by atoms with Crippen LogP contribution in [-0.2, 0) is 22.1 Å². The van der Waals surface area contributed by atoms with Gasteiger partial charge in [-0.2, -0.15) is 0 Å². The van der Waals surface area contributed by atoms with Gasteiger partial charge in [-0.25, -0.2) is 0 Å². The van der Waals surface area contributed by atoms with Crippen LogP contribution in [-0.4, -0.2) is 16.4 Å². The molecule has 122 valence electrons. The monoisotopic (exact) mass is 330 g/mol. The number of carbonyl (C=O) groups is 1. The van der Waals surface area contributed by atoms with E-state index in [1.54, 1.807) is 6.26 Å². The molecule has 0 aliphatic heterocycles. The number of benzene rings is 2. The highest BCUT2D eigenvalue weighted by molar-refractivity contribution is 7.84. The van der Waals surface area contributed by atoms with E-state index in [1.165, 1.54) is 6.92 Å². The van der Waals surface area contributed by atoms with Gasteiger partial charge in [-0.15, -0.1) is 0 Å². The second-order valence-electron chi connectivity index (χ2n) is 5.51. The fourth-order valence-corrected chi connectivity index (χ4v) is 2.80. The highest BCUT2D eigenvalue weighted by Gasteiger charge is 2.06. The van der Waals surface area contributed by atoms with Gasteiger partial charge in [-0.1, -0.05) is 24.3 Å². The van der Waals surface area contributed by atoms with E-state index in [-0.39, 0.29) is 11.9 Å². The second kappa shape index (κ2) is 8.04. The van der Waals surface area contributed by atoms with Crippen molar-refractivity contribution in [3.63, 3.8) is 0 Å². The summed E-state index contributed by atoms with van der Waals surface area (Å²) in [4.78, 5) is 12.0. The molecule has 2 aromatic carbocycles. The van der Waals surface area contributed by atoms with Crippen LogP contribution in [0.1, 0.15) is 31.0 Å². The summed E-state index contributed by atoms with van der Waals surface area (Å²) in [7, 11) is -0.942. The summed E-state index contributed by atoms with van der Waals surface area (Å²) in [6.07, 6.45) is 1.68. The molecule has 0 aliphatic rings. The summed E-state index contributed by atoms with van der Waals surface area (Å²) in [6.45, 7) is 4.31. The van der Waals surface area contributed by atoms with Gasteiger partial charge in [0.1, 0.15) is 0 Å². The molecule has 0 fully saturated rings. The van der Waals surface area contributed by atoms with Crippen LogP contribution in [0.5, 0.6) is 0 Å². The van der Waals surface area contributed by atoms with E-state index < -0.39 is 10.8 Å². The van der Waals surface area contributed by atoms with Gasteiger partial charge in [0.25, 0.3) is 0 Å². The lowest BCUT2D eigenvalue weighted by Crippen LogP contribution is -2.18. The van der Waals surface area contributed by atoms with Crippen LogP contribution >= 0.6 is 0 Å². The van der Waals surface area contributed by atoms with Crippen LogP contribution in [0.25, 0.3) is 0 Å². The molecule has 0 aliphatic carbocycles. The van der Waals surface area contributed by atoms with Crippen LogP contribution in [0.15, 0.2) is 53.4 Å². The van der Waals surface area contributed by atoms with Crippen LogP contribution in [0.3, 0.4) is 0 Å². The van der Waals surface area contributed by atoms with Gasteiger partial charge in [0.05, 0.1) is 0 Å². The minimum atomic E-state index is -0.942. The molecule has 0 unspecified atom stereocenters. The number of carbonyl (C=O) groups excluding carboxylic acids is 1. The first-order valence-electron chi connectivity index (χ1n) is 7.49. The SMILES string of the molecule is CC(=O)Nc1cccc([C@H](C)NCc2ccc([S@](C)=O)cc2)c1. The summed E-state index contributed by atoms with van der Waals surface area (Å²) < 4.78 is 11.4. The molecule has 0 spiro atoms. The van der Waals surface area contributed by atoms with Crippen LogP contribution < -0.4 is 10.6 Å². The molecule has 0 heterocycles. The Bertz CT molecular complexity index is 698. The Morgan fingerprint density at radius 2 is 1.87 bits per heavy atom. The lowest BCUT2D eigenvalue weighted by atomic mass is 10.1. The van der Waals surface area contributed by atoms with Gasteiger partial charge in [0.2, 0.25) is 5.91 Å². The average molecular weight is 330 g/mol. The quantitative estimate of drug-likeness (QED) is 0.855. The third-order valence-corrected chi connectivity index (χ3v) is 4.51. The summed E-state index contributed by atoms with van der Waals surface area (Å²) in [5.74, 6) is -0.0730. The van der Waals surface area contributed by atoms with Gasteiger partial charge in [-0.05, 0) is 42.3 Å². The van der Waals surface area contributed by atoms with Crippen molar-refractivity contribution < 1.29 is 9.00 Å². The van der Waals surface area contributed by atoms with Crippen LogP contribution in [0.4, 0.5) is 5.69 Å². The maximum atomic E-state index is 11.4. The summed E-state index contributed by atoms with van der Waals surface area (Å²) in [5, 5.41) is 6.25. The van der Waals surface area contributed by atoms with Crippen molar-refractivity contribution in [1.29, 1.82) is 0 Å². The number of hydrogen-bond acceptors (Lipinski definition) is 3. The zero-order chi connectivity index (χ0) is 16.8. The van der Waals surface area contributed by atoms with Crippen molar-refractivity contribution in [1.82, 2.24) is 5.32 Å². The van der Waals surface area contributed by atoms with E-state index >= 15 is 0 Å². The maximum Gasteiger partial charge on any atom is 0.221 e. The van der Waals surface area contributed by atoms with Crippen LogP contribution in [0, 0.1) is 0 Å². The average Bonchev–Trinajstić information content (AvgIpc) is 2.52. The van der Waals surface area contributed by atoms with Crippen molar-refractivity contribution in [3.05, 3.63) is 59.7 Å². The largest absolute Gasteiger partial charge is 0.326 e. The van der Waals surface area contributed by atoms with Gasteiger partial charge >= 0.3 is 0 Å². The fourth-order valence-electron chi connectivity index (χ4n) is 2.28. The first-order valence-corrected chi connectivity index (χ1v) is 9.05. The zero-order valence-electron chi connectivity index (χ0n) is 13.6. The number of hydrogen-bond donors (Lipinski definition) is 2. The number of nitrogens with one attached hydrogen (secondary N) is 2. The molecule has 23 heavy (non-hydrogen) atoms. The fraction of sp³-hybridized carbons (Fsp3) is 0.278. The molecular weight excluding hydrogens is 308 g/mol. The summed E-state index contributed by atoms with van der Waals surface area (Å²) in [6, 6.07) is 15.8. The minimum absolute atomic E-state index is 0.0730. The Balaban J connectivity index is 1.97. The molecule has 0 saturated heterocycles. The topological polar surface area (TPSA) is 58.2 Å². The molecule has 2 N–H and O–H groups in total. The Labute approximate surface area is 139 Å². The molecule has 0 aromatic heterocycles. The van der Waals surface area contributed by atoms with Gasteiger partial charge < -0.3 is 10.6 Å². The molecule has 0 saturated carbocycles. The van der Waals surface area contributed by atoms with Crippen molar-refractivity contribution in [3.8, 4) is 0 Å². The second-order valence-corrected chi connectivity index (χ2v) is 6.89. The Hall–Kier alpha value is -1.98. The molecule has 2 aromatic rings. The van der Waals surface area contributed by atoms with Gasteiger partial charge in [-0.3, -0.25) is 9.00 Å². The van der Waals surface area contributed by atoms with E-state index in [0.29, 0.717) is 0 Å². The third kappa shape index (κ3) is 5.30. The maximum absolute atomic E-state index is 11.4. The molecule has 0 radical (unpaired) electrons. The molecule has 1 amide bonds. The molecule has 2 rings (SSSR count). The van der Waals surface area contributed by atoms with Crippen molar-refractivity contribution in [2.75, 3.05) is 11.6 Å². The summed E-state index contributed by atoms with van der Waals surface area (Å²) >= 11 is 0. The van der Waals surface area contributed by atoms with E-state index in [1.807, 2.05) is 48.5 Å². The highest BCUT2D eigenvalue weighted by atomic mass is 32.2. The number of anilines is 1. The van der Waals surface area contributed by atoms with E-state index in [4.69, 9.17) is 0 Å². The Morgan fingerprint density at radius 1 is 1.17 bits per heavy atom. The van der Waals surface area contributed by atoms with E-state index in [2.05, 4.69) is 17.6 Å². The smallest absolute Gasteiger partial charge is 0.221 e. The first kappa shape index (κ1) is 17.4. The molecule has 0 bridgehead atoms. The van der Waals surface area contributed by atoms with E-state index in [0.717, 1.165) is 28.3 Å². The standard InChI is InChI=1S/C18H22N2O2S/c1-13(16-5-4-6-17(11-16)20-14(2)21)19-12-15-7-9-18(10-8-15)23(3)22/h4-11,13,19H,12H2,1-3H3,(H,20,21)/t13-,23-/m0/s1. The predicted octanol–water partition coefficient (Wildman–Crippen LogP) is 3.23. The number of rotatable bonds is 6. The molecule has 2 atom stereocenters. The number of amides is 1. The summed E-state index contributed by atoms with van der Waals surface area (Å²) in [5.41, 5.74) is 3.06. The molecule has 4 nitrogen and oxygen atoms in total. The van der Waals surface area contributed by atoms with Crippen molar-refractivity contribution >= 4 is 22.4 Å². The normalized spacial score (nSPS) is 13.3. The Morgan fingerprint density at radius 3 is 2.48 bits per heavy atom. The van der Waals surface area contributed by atoms with Crippen LogP contribution in [0.2, 0.25) is 0 Å². The van der Waals surface area contributed by atoms with Gasteiger partial charge in [0, 0.05) is 47.1 Å². The Kier molecular flexibility index (Phi) is 6.07. The van der Waals surface area contributed by atoms with Crippen molar-refractivity contribution in [2.45, 2.75) is 31.3 Å². The lowest BCUT2D eigenvalue weighted by Gasteiger charge is -2.15. The lowest BCUT2D eigenvalue weighted by molar-refractivity contribution is -0.114. The highest BCUT2D eigenvalue weighted by Crippen LogP contribution is 2.18. The van der Waals surface area contributed by atoms with E-state index in [9.17, 15) is 9.00 Å². The van der Waals surface area contributed by atoms with Crippen molar-refractivity contribution in [2.24, 2.45) is 0 Å². The predicted molar refractivity (Wildman–Crippen MR) is 94.8 cm³/mol. The molecular formula is C18H22N2O2S. The third-order valence-electron chi connectivity index (χ3n) is 3.57. The zero-order valence-corrected chi connectivity index (χ0v) is 14.4. The molecule has 5 heteroatoms. The first-order chi connectivity index (χ1) is 11.0. The minimum Gasteiger partial charge on any atom is -0.326 e. The van der Waals surface area contributed by atoms with Gasteiger partial charge in [0.15, 0.2) is 0 Å².